The van der Waals surface area contributed by atoms with Gasteiger partial charge in [0.1, 0.15) is 6.04 Å². The summed E-state index contributed by atoms with van der Waals surface area (Å²) in [4.78, 5) is 25.6. The topological polar surface area (TPSA) is 81.7 Å². The van der Waals surface area contributed by atoms with Crippen LogP contribution in [0.3, 0.4) is 0 Å². The lowest BCUT2D eigenvalue weighted by Gasteiger charge is -2.36. The van der Waals surface area contributed by atoms with Gasteiger partial charge in [0.05, 0.1) is 0 Å². The highest BCUT2D eigenvalue weighted by molar-refractivity contribution is 5.90. The quantitative estimate of drug-likeness (QED) is 0.680. The van der Waals surface area contributed by atoms with Gasteiger partial charge in [-0.3, -0.25) is 9.59 Å². The molecule has 6 heteroatoms. The van der Waals surface area contributed by atoms with Gasteiger partial charge in [-0.2, -0.15) is 0 Å². The predicted octanol–water partition coefficient (Wildman–Crippen LogP) is -0.734. The van der Waals surface area contributed by atoms with Gasteiger partial charge in [-0.25, -0.2) is 0 Å². The van der Waals surface area contributed by atoms with Crippen molar-refractivity contribution in [2.24, 2.45) is 0 Å². The highest BCUT2D eigenvalue weighted by atomic mass is 16.3. The van der Waals surface area contributed by atoms with Gasteiger partial charge in [0.25, 0.3) is 5.91 Å². The minimum absolute atomic E-state index is 0.231. The van der Waals surface area contributed by atoms with Crippen LogP contribution in [0.15, 0.2) is 30.3 Å². The molecule has 0 saturated carbocycles. The van der Waals surface area contributed by atoms with Gasteiger partial charge in [0.15, 0.2) is 6.10 Å². The maximum Gasteiger partial charge on any atom is 0.256 e. The lowest BCUT2D eigenvalue weighted by molar-refractivity contribution is -0.148. The van der Waals surface area contributed by atoms with Gasteiger partial charge in [-0.1, -0.05) is 30.3 Å². The zero-order valence-corrected chi connectivity index (χ0v) is 11.4. The van der Waals surface area contributed by atoms with E-state index in [9.17, 15) is 14.7 Å². The fourth-order valence-electron chi connectivity index (χ4n) is 2.30. The number of aliphatic hydroxyl groups excluding tert-OH is 1. The molecule has 2 amide bonds. The number of likely N-dealkylation sites (N-methyl/N-ethyl adjacent to an activating group) is 1. The molecule has 20 heavy (non-hydrogen) atoms. The van der Waals surface area contributed by atoms with Crippen LogP contribution in [0.1, 0.15) is 11.7 Å². The maximum atomic E-state index is 12.4. The van der Waals surface area contributed by atoms with Crippen molar-refractivity contribution in [3.05, 3.63) is 35.9 Å². The Kier molecular flexibility index (Phi) is 4.70. The van der Waals surface area contributed by atoms with Crippen molar-refractivity contribution in [2.45, 2.75) is 12.1 Å². The lowest BCUT2D eigenvalue weighted by atomic mass is 10.1. The highest BCUT2D eigenvalue weighted by Crippen LogP contribution is 2.17. The molecule has 1 aliphatic heterocycles. The second-order valence-electron chi connectivity index (χ2n) is 4.68. The Hall–Kier alpha value is -1.92. The Morgan fingerprint density at radius 2 is 2.10 bits per heavy atom. The molecule has 108 valence electrons. The summed E-state index contributed by atoms with van der Waals surface area (Å²) < 4.78 is 0. The van der Waals surface area contributed by atoms with Crippen LogP contribution >= 0.6 is 0 Å². The predicted molar refractivity (Wildman–Crippen MR) is 73.8 cm³/mol. The van der Waals surface area contributed by atoms with Crippen molar-refractivity contribution < 1.29 is 14.7 Å². The smallest absolute Gasteiger partial charge is 0.256 e. The van der Waals surface area contributed by atoms with E-state index in [1.165, 1.54) is 11.9 Å². The first-order chi connectivity index (χ1) is 9.65. The van der Waals surface area contributed by atoms with Gasteiger partial charge in [0, 0.05) is 26.7 Å². The summed E-state index contributed by atoms with van der Waals surface area (Å²) in [6.45, 7) is 1.41. The SMILES string of the molecule is CNC(=O)C1CNCCN1C(=O)C(O)c1ccccc1. The monoisotopic (exact) mass is 277 g/mol. The molecule has 2 atom stereocenters. The molecule has 0 spiro atoms. The standard InChI is InChI=1S/C14H19N3O3/c1-15-13(19)11-9-16-7-8-17(11)14(20)12(18)10-5-3-2-4-6-10/h2-6,11-12,16,18H,7-9H2,1H3,(H,15,19). The summed E-state index contributed by atoms with van der Waals surface area (Å²) in [5.41, 5.74) is 0.534. The molecule has 1 heterocycles. The van der Waals surface area contributed by atoms with Gasteiger partial charge in [-0.15, -0.1) is 0 Å². The highest BCUT2D eigenvalue weighted by Gasteiger charge is 2.34. The van der Waals surface area contributed by atoms with Crippen LogP contribution < -0.4 is 10.6 Å². The number of aliphatic hydroxyl groups is 1. The summed E-state index contributed by atoms with van der Waals surface area (Å²) in [6, 6.07) is 8.15. The van der Waals surface area contributed by atoms with E-state index >= 15 is 0 Å². The third-order valence-corrected chi connectivity index (χ3v) is 3.42. The maximum absolute atomic E-state index is 12.4. The van der Waals surface area contributed by atoms with E-state index in [2.05, 4.69) is 10.6 Å². The fraction of sp³-hybridized carbons (Fsp3) is 0.429. The Balaban J connectivity index is 2.15. The number of benzene rings is 1. The molecule has 3 N–H and O–H groups in total. The first-order valence-electron chi connectivity index (χ1n) is 6.61. The van der Waals surface area contributed by atoms with Gasteiger partial charge in [0.2, 0.25) is 5.91 Å². The lowest BCUT2D eigenvalue weighted by Crippen LogP contribution is -2.60. The van der Waals surface area contributed by atoms with E-state index in [4.69, 9.17) is 0 Å². The van der Waals surface area contributed by atoms with E-state index in [1.807, 2.05) is 6.07 Å². The van der Waals surface area contributed by atoms with Crippen molar-refractivity contribution >= 4 is 11.8 Å². The molecular weight excluding hydrogens is 258 g/mol. The van der Waals surface area contributed by atoms with Crippen LogP contribution in [-0.2, 0) is 9.59 Å². The number of amides is 2. The van der Waals surface area contributed by atoms with Crippen molar-refractivity contribution in [3.8, 4) is 0 Å². The summed E-state index contributed by atoms with van der Waals surface area (Å²) in [7, 11) is 1.53. The minimum atomic E-state index is -1.23. The van der Waals surface area contributed by atoms with Crippen LogP contribution in [0.25, 0.3) is 0 Å². The number of piperazine rings is 1. The minimum Gasteiger partial charge on any atom is -0.378 e. The molecule has 1 aromatic carbocycles. The molecule has 2 rings (SSSR count). The van der Waals surface area contributed by atoms with Crippen LogP contribution in [0.2, 0.25) is 0 Å². The van der Waals surface area contributed by atoms with Crippen LogP contribution in [-0.4, -0.2) is 54.5 Å². The van der Waals surface area contributed by atoms with Crippen molar-refractivity contribution in [1.82, 2.24) is 15.5 Å². The van der Waals surface area contributed by atoms with E-state index in [0.717, 1.165) is 0 Å². The van der Waals surface area contributed by atoms with E-state index in [-0.39, 0.29) is 5.91 Å². The first kappa shape index (κ1) is 14.5. The summed E-state index contributed by atoms with van der Waals surface area (Å²) in [5, 5.41) is 15.8. The molecular formula is C14H19N3O3. The average molecular weight is 277 g/mol. The molecule has 1 fully saturated rings. The molecule has 1 aliphatic rings. The van der Waals surface area contributed by atoms with E-state index in [0.29, 0.717) is 25.2 Å². The number of hydrogen-bond acceptors (Lipinski definition) is 4. The van der Waals surface area contributed by atoms with Gasteiger partial charge in [-0.05, 0) is 5.56 Å². The van der Waals surface area contributed by atoms with Crippen LogP contribution in [0, 0.1) is 0 Å². The molecule has 0 radical (unpaired) electrons. The average Bonchev–Trinajstić information content (AvgIpc) is 2.53. The Bertz CT molecular complexity index is 478. The number of rotatable bonds is 3. The second-order valence-corrected chi connectivity index (χ2v) is 4.68. The first-order valence-corrected chi connectivity index (χ1v) is 6.61. The van der Waals surface area contributed by atoms with E-state index in [1.54, 1.807) is 24.3 Å². The van der Waals surface area contributed by atoms with Gasteiger partial charge >= 0.3 is 0 Å². The number of nitrogens with zero attached hydrogens (tertiary/aromatic N) is 1. The zero-order chi connectivity index (χ0) is 14.5. The molecule has 0 aromatic heterocycles. The van der Waals surface area contributed by atoms with E-state index < -0.39 is 18.1 Å². The molecule has 2 unspecified atom stereocenters. The summed E-state index contributed by atoms with van der Waals surface area (Å²) in [6.07, 6.45) is -1.23. The number of carbonyl (C=O) groups excluding carboxylic acids is 2. The van der Waals surface area contributed by atoms with Crippen molar-refractivity contribution in [2.75, 3.05) is 26.7 Å². The second kappa shape index (κ2) is 6.49. The molecule has 1 saturated heterocycles. The van der Waals surface area contributed by atoms with Crippen molar-refractivity contribution in [1.29, 1.82) is 0 Å². The molecule has 6 nitrogen and oxygen atoms in total. The summed E-state index contributed by atoms with van der Waals surface area (Å²) >= 11 is 0. The Morgan fingerprint density at radius 3 is 2.75 bits per heavy atom. The number of nitrogens with one attached hydrogen (secondary N) is 2. The van der Waals surface area contributed by atoms with Crippen LogP contribution in [0.4, 0.5) is 0 Å². The molecule has 0 aliphatic carbocycles. The van der Waals surface area contributed by atoms with Crippen molar-refractivity contribution in [3.63, 3.8) is 0 Å². The normalized spacial score (nSPS) is 20.3. The Labute approximate surface area is 117 Å². The van der Waals surface area contributed by atoms with Crippen LogP contribution in [0.5, 0.6) is 0 Å². The fourth-order valence-corrected chi connectivity index (χ4v) is 2.30. The third-order valence-electron chi connectivity index (χ3n) is 3.42. The number of hydrogen-bond donors (Lipinski definition) is 3. The molecule has 0 bridgehead atoms. The van der Waals surface area contributed by atoms with Gasteiger partial charge < -0.3 is 20.6 Å². The summed E-state index contributed by atoms with van der Waals surface area (Å²) in [5.74, 6) is -0.669. The Morgan fingerprint density at radius 1 is 1.40 bits per heavy atom. The number of carbonyl (C=O) groups is 2. The zero-order valence-electron chi connectivity index (χ0n) is 11.4. The largest absolute Gasteiger partial charge is 0.378 e. The molecule has 1 aromatic rings. The third kappa shape index (κ3) is 2.97.